The molecular weight excluding hydrogens is 497 g/mol. The first-order chi connectivity index (χ1) is 18.7. The standard InChI is InChI=1S/C29H28FN7O2/c1-29(2,3)26-16-27(37(35-26)20-8-6-5-7-9-20)34-28(38)33-24-11-10-21(14-23(24)30)39-22-12-13-31-25(15-22)19-17-32-36(4)18-19/h5-18H,1-4H3,(H2,33,34,38). The van der Waals surface area contributed by atoms with Crippen LogP contribution in [0.5, 0.6) is 11.5 Å². The van der Waals surface area contributed by atoms with E-state index in [2.05, 4.69) is 25.8 Å². The third kappa shape index (κ3) is 5.96. The molecule has 3 aromatic heterocycles. The van der Waals surface area contributed by atoms with Crippen molar-refractivity contribution < 1.29 is 13.9 Å². The summed E-state index contributed by atoms with van der Waals surface area (Å²) in [6, 6.07) is 18.3. The number of urea groups is 1. The molecule has 0 unspecified atom stereocenters. The lowest BCUT2D eigenvalue weighted by Gasteiger charge is -2.14. The molecule has 2 aromatic carbocycles. The van der Waals surface area contributed by atoms with Gasteiger partial charge in [-0.05, 0) is 30.3 Å². The van der Waals surface area contributed by atoms with Gasteiger partial charge in [0.15, 0.2) is 0 Å². The number of nitrogens with one attached hydrogen (secondary N) is 2. The van der Waals surface area contributed by atoms with Crippen LogP contribution in [0.1, 0.15) is 26.5 Å². The van der Waals surface area contributed by atoms with E-state index >= 15 is 0 Å². The predicted octanol–water partition coefficient (Wildman–Crippen LogP) is 6.54. The fraction of sp³-hybridized carbons (Fsp3) is 0.172. The Hall–Kier alpha value is -4.99. The van der Waals surface area contributed by atoms with E-state index in [9.17, 15) is 9.18 Å². The third-order valence-electron chi connectivity index (χ3n) is 5.88. The van der Waals surface area contributed by atoms with E-state index in [0.29, 0.717) is 17.3 Å². The Morgan fingerprint density at radius 3 is 2.44 bits per heavy atom. The number of halogens is 1. The van der Waals surface area contributed by atoms with E-state index in [0.717, 1.165) is 16.9 Å². The lowest BCUT2D eigenvalue weighted by molar-refractivity contribution is 0.262. The summed E-state index contributed by atoms with van der Waals surface area (Å²) in [6.45, 7) is 6.12. The number of aromatic nitrogens is 5. The highest BCUT2D eigenvalue weighted by Gasteiger charge is 2.22. The van der Waals surface area contributed by atoms with Gasteiger partial charge in [0.1, 0.15) is 23.1 Å². The van der Waals surface area contributed by atoms with E-state index in [1.807, 2.05) is 70.4 Å². The van der Waals surface area contributed by atoms with E-state index in [4.69, 9.17) is 4.74 Å². The lowest BCUT2D eigenvalue weighted by atomic mass is 9.92. The fourth-order valence-electron chi connectivity index (χ4n) is 3.86. The summed E-state index contributed by atoms with van der Waals surface area (Å²) in [5.74, 6) is 0.589. The number of rotatable bonds is 6. The second-order valence-corrected chi connectivity index (χ2v) is 10.0. The molecule has 0 aliphatic rings. The van der Waals surface area contributed by atoms with Crippen LogP contribution in [0.4, 0.5) is 20.7 Å². The average molecular weight is 526 g/mol. The summed E-state index contributed by atoms with van der Waals surface area (Å²) in [7, 11) is 1.82. The molecule has 0 saturated heterocycles. The fourth-order valence-corrected chi connectivity index (χ4v) is 3.86. The number of hydrogen-bond acceptors (Lipinski definition) is 5. The zero-order valence-corrected chi connectivity index (χ0v) is 22.0. The highest BCUT2D eigenvalue weighted by molar-refractivity contribution is 5.99. The number of anilines is 2. The highest BCUT2D eigenvalue weighted by Crippen LogP contribution is 2.29. The van der Waals surface area contributed by atoms with E-state index in [1.165, 1.54) is 12.1 Å². The van der Waals surface area contributed by atoms with Crippen LogP contribution >= 0.6 is 0 Å². The molecule has 0 atom stereocenters. The zero-order chi connectivity index (χ0) is 27.6. The van der Waals surface area contributed by atoms with Gasteiger partial charge in [-0.3, -0.25) is 15.0 Å². The van der Waals surface area contributed by atoms with Crippen molar-refractivity contribution in [1.82, 2.24) is 24.5 Å². The van der Waals surface area contributed by atoms with Gasteiger partial charge in [0.05, 0.1) is 29.0 Å². The lowest BCUT2D eigenvalue weighted by Crippen LogP contribution is -2.21. The van der Waals surface area contributed by atoms with E-state index < -0.39 is 11.8 Å². The quantitative estimate of drug-likeness (QED) is 0.262. The first kappa shape index (κ1) is 25.7. The van der Waals surface area contributed by atoms with Crippen molar-refractivity contribution in [3.05, 3.63) is 96.8 Å². The van der Waals surface area contributed by atoms with Crippen LogP contribution < -0.4 is 15.4 Å². The van der Waals surface area contributed by atoms with E-state index in [1.54, 1.807) is 40.0 Å². The summed E-state index contributed by atoms with van der Waals surface area (Å²) in [4.78, 5) is 17.2. The number of hydrogen-bond donors (Lipinski definition) is 2. The topological polar surface area (TPSA) is 98.9 Å². The molecule has 9 nitrogen and oxygen atoms in total. The molecular formula is C29H28FN7O2. The molecule has 2 amide bonds. The number of ether oxygens (including phenoxy) is 1. The van der Waals surface area contributed by atoms with Gasteiger partial charge in [-0.15, -0.1) is 0 Å². The van der Waals surface area contributed by atoms with Crippen LogP contribution in [0.3, 0.4) is 0 Å². The Labute approximate surface area is 225 Å². The first-order valence-electron chi connectivity index (χ1n) is 12.3. The smallest absolute Gasteiger partial charge is 0.324 e. The Bertz CT molecular complexity index is 1620. The highest BCUT2D eigenvalue weighted by atomic mass is 19.1. The molecule has 0 spiro atoms. The number of aryl methyl sites for hydroxylation is 1. The first-order valence-corrected chi connectivity index (χ1v) is 12.3. The van der Waals surface area contributed by atoms with Crippen molar-refractivity contribution in [1.29, 1.82) is 0 Å². The van der Waals surface area contributed by atoms with Crippen LogP contribution in [0.15, 0.2) is 85.3 Å². The van der Waals surface area contributed by atoms with Gasteiger partial charge in [-0.2, -0.15) is 10.2 Å². The molecule has 0 fully saturated rings. The van der Waals surface area contributed by atoms with Gasteiger partial charge in [0.2, 0.25) is 0 Å². The minimum atomic E-state index is -0.642. The molecule has 0 saturated carbocycles. The summed E-state index contributed by atoms with van der Waals surface area (Å²) >= 11 is 0. The van der Waals surface area contributed by atoms with Crippen molar-refractivity contribution >= 4 is 17.5 Å². The SMILES string of the molecule is Cn1cc(-c2cc(Oc3ccc(NC(=O)Nc4cc(C(C)(C)C)nn4-c4ccccc4)c(F)c3)ccn2)cn1. The zero-order valence-electron chi connectivity index (χ0n) is 22.0. The number of carbonyl (C=O) groups excluding carboxylic acids is 1. The summed E-state index contributed by atoms with van der Waals surface area (Å²) in [5, 5.41) is 14.2. The van der Waals surface area contributed by atoms with Gasteiger partial charge in [0, 0.05) is 48.6 Å². The molecule has 0 radical (unpaired) electrons. The molecule has 0 aliphatic carbocycles. The second kappa shape index (κ2) is 10.4. The maximum Gasteiger partial charge on any atom is 0.324 e. The van der Waals surface area contributed by atoms with Gasteiger partial charge in [-0.1, -0.05) is 39.0 Å². The Kier molecular flexibility index (Phi) is 6.84. The van der Waals surface area contributed by atoms with Crippen molar-refractivity contribution in [2.75, 3.05) is 10.6 Å². The van der Waals surface area contributed by atoms with Gasteiger partial charge in [-0.25, -0.2) is 13.9 Å². The van der Waals surface area contributed by atoms with Crippen molar-refractivity contribution in [2.45, 2.75) is 26.2 Å². The average Bonchev–Trinajstić information content (AvgIpc) is 3.53. The molecule has 0 aliphatic heterocycles. The van der Waals surface area contributed by atoms with Gasteiger partial charge in [0.25, 0.3) is 0 Å². The minimum Gasteiger partial charge on any atom is -0.457 e. The normalized spacial score (nSPS) is 11.3. The van der Waals surface area contributed by atoms with Crippen LogP contribution in [-0.2, 0) is 12.5 Å². The minimum absolute atomic E-state index is 0.00690. The molecule has 2 N–H and O–H groups in total. The molecule has 198 valence electrons. The summed E-state index contributed by atoms with van der Waals surface area (Å²) in [5.41, 5.74) is 2.88. The predicted molar refractivity (Wildman–Crippen MR) is 148 cm³/mol. The van der Waals surface area contributed by atoms with Gasteiger partial charge < -0.3 is 10.1 Å². The number of para-hydroxylation sites is 1. The molecule has 3 heterocycles. The third-order valence-corrected chi connectivity index (χ3v) is 5.88. The molecule has 10 heteroatoms. The molecule has 5 rings (SSSR count). The van der Waals surface area contributed by atoms with Crippen LogP contribution in [0, 0.1) is 5.82 Å². The number of nitrogens with zero attached hydrogens (tertiary/aromatic N) is 5. The van der Waals surface area contributed by atoms with Crippen LogP contribution in [0.2, 0.25) is 0 Å². The maximum absolute atomic E-state index is 14.9. The monoisotopic (exact) mass is 525 g/mol. The maximum atomic E-state index is 14.9. The number of carbonyl (C=O) groups is 1. The van der Waals surface area contributed by atoms with Crippen molar-refractivity contribution in [3.8, 4) is 28.4 Å². The second-order valence-electron chi connectivity index (χ2n) is 10.0. The number of amides is 2. The van der Waals surface area contributed by atoms with Gasteiger partial charge >= 0.3 is 6.03 Å². The molecule has 0 bridgehead atoms. The number of pyridine rings is 1. The Morgan fingerprint density at radius 1 is 0.974 bits per heavy atom. The van der Waals surface area contributed by atoms with Crippen LogP contribution in [0.25, 0.3) is 16.9 Å². The van der Waals surface area contributed by atoms with E-state index in [-0.39, 0.29) is 16.9 Å². The molecule has 5 aromatic rings. The summed E-state index contributed by atoms with van der Waals surface area (Å²) < 4.78 is 24.1. The van der Waals surface area contributed by atoms with Crippen molar-refractivity contribution in [3.63, 3.8) is 0 Å². The van der Waals surface area contributed by atoms with Crippen LogP contribution in [-0.4, -0.2) is 30.6 Å². The molecule has 39 heavy (non-hydrogen) atoms. The summed E-state index contributed by atoms with van der Waals surface area (Å²) in [6.07, 6.45) is 5.15. The largest absolute Gasteiger partial charge is 0.457 e. The Balaban J connectivity index is 1.30. The van der Waals surface area contributed by atoms with Crippen molar-refractivity contribution in [2.24, 2.45) is 7.05 Å². The Morgan fingerprint density at radius 2 is 1.74 bits per heavy atom. The number of benzene rings is 2.